The lowest BCUT2D eigenvalue weighted by Gasteiger charge is -2.34. The van der Waals surface area contributed by atoms with Gasteiger partial charge >= 0.3 is 0 Å². The number of likely N-dealkylation sites (tertiary alicyclic amines) is 1. The Morgan fingerprint density at radius 3 is 2.84 bits per heavy atom. The second-order valence-corrected chi connectivity index (χ2v) is 5.29. The van der Waals surface area contributed by atoms with Gasteiger partial charge in [-0.15, -0.1) is 0 Å². The summed E-state index contributed by atoms with van der Waals surface area (Å²) in [5.74, 6) is 0.525. The average Bonchev–Trinajstić information content (AvgIpc) is 2.46. The standard InChI is InChI=1S/C16H22N2O/c1-13(17)15-8-5-11-18(12-15)16(19)10-9-14-6-3-2-4-7-14/h2-4,6-7,9-10,13,15H,5,8,11-12,17H2,1H3. The van der Waals surface area contributed by atoms with Crippen LogP contribution in [0.25, 0.3) is 6.08 Å². The highest BCUT2D eigenvalue weighted by Gasteiger charge is 2.24. The number of amides is 1. The Kier molecular flexibility index (Phi) is 4.74. The number of hydrogen-bond donors (Lipinski definition) is 1. The molecule has 1 saturated heterocycles. The molecule has 2 atom stereocenters. The van der Waals surface area contributed by atoms with E-state index in [0.29, 0.717) is 5.92 Å². The Morgan fingerprint density at radius 1 is 1.42 bits per heavy atom. The predicted molar refractivity (Wildman–Crippen MR) is 78.4 cm³/mol. The molecule has 1 aliphatic heterocycles. The molecule has 19 heavy (non-hydrogen) atoms. The van der Waals surface area contributed by atoms with Crippen molar-refractivity contribution in [3.63, 3.8) is 0 Å². The molecule has 2 rings (SSSR count). The molecule has 2 N–H and O–H groups in total. The number of benzene rings is 1. The molecule has 0 bridgehead atoms. The van der Waals surface area contributed by atoms with Crippen LogP contribution in [0.2, 0.25) is 0 Å². The first kappa shape index (κ1) is 13.8. The van der Waals surface area contributed by atoms with Gasteiger partial charge in [0.2, 0.25) is 5.91 Å². The predicted octanol–water partition coefficient (Wildman–Crippen LogP) is 2.29. The van der Waals surface area contributed by atoms with Crippen LogP contribution in [-0.2, 0) is 4.79 Å². The van der Waals surface area contributed by atoms with Crippen molar-refractivity contribution in [2.24, 2.45) is 11.7 Å². The summed E-state index contributed by atoms with van der Waals surface area (Å²) in [6.45, 7) is 3.66. The maximum Gasteiger partial charge on any atom is 0.246 e. The second kappa shape index (κ2) is 6.53. The highest BCUT2D eigenvalue weighted by atomic mass is 16.2. The van der Waals surface area contributed by atoms with E-state index in [0.717, 1.165) is 31.5 Å². The topological polar surface area (TPSA) is 46.3 Å². The van der Waals surface area contributed by atoms with Gasteiger partial charge in [0, 0.05) is 25.2 Å². The third-order valence-corrected chi connectivity index (χ3v) is 3.73. The van der Waals surface area contributed by atoms with E-state index in [9.17, 15) is 4.79 Å². The number of carbonyl (C=O) groups is 1. The smallest absolute Gasteiger partial charge is 0.246 e. The van der Waals surface area contributed by atoms with Gasteiger partial charge in [-0.05, 0) is 37.3 Å². The number of hydrogen-bond acceptors (Lipinski definition) is 2. The van der Waals surface area contributed by atoms with Gasteiger partial charge in [-0.3, -0.25) is 4.79 Å². The maximum atomic E-state index is 12.1. The van der Waals surface area contributed by atoms with Crippen molar-refractivity contribution in [1.82, 2.24) is 4.90 Å². The van der Waals surface area contributed by atoms with E-state index in [2.05, 4.69) is 0 Å². The summed E-state index contributed by atoms with van der Waals surface area (Å²) in [6, 6.07) is 10.1. The lowest BCUT2D eigenvalue weighted by atomic mass is 9.92. The average molecular weight is 258 g/mol. The quantitative estimate of drug-likeness (QED) is 0.846. The van der Waals surface area contributed by atoms with Crippen LogP contribution in [-0.4, -0.2) is 29.9 Å². The molecule has 1 aromatic rings. The molecule has 1 amide bonds. The van der Waals surface area contributed by atoms with E-state index in [1.165, 1.54) is 0 Å². The lowest BCUT2D eigenvalue weighted by molar-refractivity contribution is -0.127. The van der Waals surface area contributed by atoms with Crippen LogP contribution in [0.3, 0.4) is 0 Å². The number of carbonyl (C=O) groups excluding carboxylic acids is 1. The molecule has 1 fully saturated rings. The highest BCUT2D eigenvalue weighted by molar-refractivity contribution is 5.91. The molecule has 0 radical (unpaired) electrons. The van der Waals surface area contributed by atoms with E-state index >= 15 is 0 Å². The van der Waals surface area contributed by atoms with Crippen LogP contribution in [0.1, 0.15) is 25.3 Å². The number of nitrogens with zero attached hydrogens (tertiary/aromatic N) is 1. The Morgan fingerprint density at radius 2 is 2.16 bits per heavy atom. The van der Waals surface area contributed by atoms with Crippen LogP contribution in [0.15, 0.2) is 36.4 Å². The van der Waals surface area contributed by atoms with Crippen molar-refractivity contribution in [3.8, 4) is 0 Å². The lowest BCUT2D eigenvalue weighted by Crippen LogP contribution is -2.44. The molecule has 1 aromatic carbocycles. The summed E-state index contributed by atoms with van der Waals surface area (Å²) in [5.41, 5.74) is 6.99. The summed E-state index contributed by atoms with van der Waals surface area (Å²) < 4.78 is 0. The summed E-state index contributed by atoms with van der Waals surface area (Å²) in [7, 11) is 0. The summed E-state index contributed by atoms with van der Waals surface area (Å²) in [6.07, 6.45) is 5.72. The molecular formula is C16H22N2O. The zero-order valence-electron chi connectivity index (χ0n) is 11.5. The Hall–Kier alpha value is -1.61. The van der Waals surface area contributed by atoms with E-state index in [1.807, 2.05) is 48.2 Å². The van der Waals surface area contributed by atoms with Gasteiger partial charge in [-0.25, -0.2) is 0 Å². The summed E-state index contributed by atoms with van der Waals surface area (Å²) >= 11 is 0. The fraction of sp³-hybridized carbons (Fsp3) is 0.438. The number of nitrogens with two attached hydrogens (primary N) is 1. The largest absolute Gasteiger partial charge is 0.339 e. The normalized spacial score (nSPS) is 21.6. The Bertz CT molecular complexity index is 439. The minimum Gasteiger partial charge on any atom is -0.339 e. The van der Waals surface area contributed by atoms with Crippen molar-refractivity contribution < 1.29 is 4.79 Å². The van der Waals surface area contributed by atoms with Gasteiger partial charge < -0.3 is 10.6 Å². The monoisotopic (exact) mass is 258 g/mol. The first-order valence-electron chi connectivity index (χ1n) is 6.94. The van der Waals surface area contributed by atoms with Gasteiger partial charge in [0.25, 0.3) is 0 Å². The van der Waals surface area contributed by atoms with Crippen molar-refractivity contribution in [2.45, 2.75) is 25.8 Å². The van der Waals surface area contributed by atoms with Gasteiger partial charge in [-0.2, -0.15) is 0 Å². The SMILES string of the molecule is CC(N)C1CCCN(C(=O)C=Cc2ccccc2)C1. The van der Waals surface area contributed by atoms with Gasteiger partial charge in [0.05, 0.1) is 0 Å². The minimum atomic E-state index is 0.0919. The van der Waals surface area contributed by atoms with Crippen LogP contribution < -0.4 is 5.73 Å². The molecule has 3 heteroatoms. The number of piperidine rings is 1. The molecule has 1 aliphatic rings. The van der Waals surface area contributed by atoms with Crippen LogP contribution in [0.5, 0.6) is 0 Å². The van der Waals surface area contributed by atoms with E-state index < -0.39 is 0 Å². The zero-order valence-corrected chi connectivity index (χ0v) is 11.5. The first-order chi connectivity index (χ1) is 9.16. The molecule has 102 valence electrons. The minimum absolute atomic E-state index is 0.0919. The molecule has 0 spiro atoms. The third-order valence-electron chi connectivity index (χ3n) is 3.73. The zero-order chi connectivity index (χ0) is 13.7. The molecule has 0 saturated carbocycles. The Balaban J connectivity index is 1.94. The van der Waals surface area contributed by atoms with Gasteiger partial charge in [-0.1, -0.05) is 30.3 Å². The molecule has 3 nitrogen and oxygen atoms in total. The fourth-order valence-corrected chi connectivity index (χ4v) is 2.48. The van der Waals surface area contributed by atoms with E-state index in [-0.39, 0.29) is 11.9 Å². The summed E-state index contributed by atoms with van der Waals surface area (Å²) in [4.78, 5) is 14.1. The molecule has 1 heterocycles. The number of rotatable bonds is 3. The molecule has 2 unspecified atom stereocenters. The van der Waals surface area contributed by atoms with Crippen molar-refractivity contribution in [3.05, 3.63) is 42.0 Å². The molecule has 0 aliphatic carbocycles. The van der Waals surface area contributed by atoms with Gasteiger partial charge in [0.15, 0.2) is 0 Å². The third kappa shape index (κ3) is 3.93. The first-order valence-corrected chi connectivity index (χ1v) is 6.94. The second-order valence-electron chi connectivity index (χ2n) is 5.29. The highest BCUT2D eigenvalue weighted by Crippen LogP contribution is 2.19. The molecule has 0 aromatic heterocycles. The van der Waals surface area contributed by atoms with Crippen LogP contribution >= 0.6 is 0 Å². The Labute approximate surface area is 115 Å². The van der Waals surface area contributed by atoms with Crippen LogP contribution in [0, 0.1) is 5.92 Å². The van der Waals surface area contributed by atoms with Crippen molar-refractivity contribution in [2.75, 3.05) is 13.1 Å². The van der Waals surface area contributed by atoms with Crippen LogP contribution in [0.4, 0.5) is 0 Å². The van der Waals surface area contributed by atoms with Crippen molar-refractivity contribution in [1.29, 1.82) is 0 Å². The molecular weight excluding hydrogens is 236 g/mol. The van der Waals surface area contributed by atoms with E-state index in [4.69, 9.17) is 5.73 Å². The maximum absolute atomic E-state index is 12.1. The van der Waals surface area contributed by atoms with E-state index in [1.54, 1.807) is 6.08 Å². The fourth-order valence-electron chi connectivity index (χ4n) is 2.48. The summed E-state index contributed by atoms with van der Waals surface area (Å²) in [5, 5.41) is 0. The van der Waals surface area contributed by atoms with Crippen molar-refractivity contribution >= 4 is 12.0 Å². The van der Waals surface area contributed by atoms with Gasteiger partial charge in [0.1, 0.15) is 0 Å².